The first-order valence-electron chi connectivity index (χ1n) is 8.88. The highest BCUT2D eigenvalue weighted by atomic mass is 32.2. The molecule has 1 fully saturated rings. The molecule has 1 rings (SSSR count). The smallest absolute Gasteiger partial charge is 0.209 e. The van der Waals surface area contributed by atoms with Crippen molar-refractivity contribution in [2.75, 3.05) is 45.5 Å². The van der Waals surface area contributed by atoms with E-state index in [1.54, 1.807) is 0 Å². The number of likely N-dealkylation sites (N-methyl/N-ethyl adjacent to an activating group) is 1. The monoisotopic (exact) mass is 361 g/mol. The van der Waals surface area contributed by atoms with E-state index in [2.05, 4.69) is 38.7 Å². The van der Waals surface area contributed by atoms with Crippen molar-refractivity contribution in [2.45, 2.75) is 52.6 Å². The molecule has 1 heterocycles. The molecule has 0 bridgehead atoms. The van der Waals surface area contributed by atoms with Gasteiger partial charge in [0.05, 0.1) is 12.8 Å². The molecule has 0 radical (unpaired) electrons. The summed E-state index contributed by atoms with van der Waals surface area (Å²) in [4.78, 5) is 9.45. The first-order valence-corrected chi connectivity index (χ1v) is 10.8. The molecule has 7 nitrogen and oxygen atoms in total. The number of rotatable bonds is 8. The second kappa shape index (κ2) is 9.01. The molecule has 1 aliphatic rings. The van der Waals surface area contributed by atoms with Crippen LogP contribution in [0.3, 0.4) is 0 Å². The number of sulfonamides is 1. The van der Waals surface area contributed by atoms with Crippen LogP contribution in [0.25, 0.3) is 0 Å². The first kappa shape index (κ1) is 21.2. The normalized spacial score (nSPS) is 20.0. The van der Waals surface area contributed by atoms with Gasteiger partial charge in [-0.15, -0.1) is 0 Å². The standard InChI is InChI=1S/C16H35N5O2S/c1-7-17-15(18-13-16(4,5)19-24(6,22)23)21-11-10-14(12-21)20(8-2)9-3/h14,19H,7-13H2,1-6H3,(H,17,18). The van der Waals surface area contributed by atoms with Gasteiger partial charge in [-0.05, 0) is 40.3 Å². The zero-order valence-corrected chi connectivity index (χ0v) is 16.9. The summed E-state index contributed by atoms with van der Waals surface area (Å²) in [6, 6.07) is 0.561. The molecule has 1 aliphatic heterocycles. The Labute approximate surface area is 147 Å². The highest BCUT2D eigenvalue weighted by Gasteiger charge is 2.29. The third kappa shape index (κ3) is 6.94. The van der Waals surface area contributed by atoms with E-state index >= 15 is 0 Å². The van der Waals surface area contributed by atoms with E-state index in [0.29, 0.717) is 12.6 Å². The molecule has 0 spiro atoms. The fraction of sp³-hybridized carbons (Fsp3) is 0.938. The van der Waals surface area contributed by atoms with Crippen molar-refractivity contribution in [1.82, 2.24) is 19.8 Å². The lowest BCUT2D eigenvalue weighted by Crippen LogP contribution is -2.47. The lowest BCUT2D eigenvalue weighted by atomic mass is 10.1. The van der Waals surface area contributed by atoms with Gasteiger partial charge < -0.3 is 10.2 Å². The summed E-state index contributed by atoms with van der Waals surface area (Å²) in [6.07, 6.45) is 2.32. The van der Waals surface area contributed by atoms with E-state index in [-0.39, 0.29) is 0 Å². The fourth-order valence-electron chi connectivity index (χ4n) is 3.20. The van der Waals surface area contributed by atoms with Crippen LogP contribution in [0.5, 0.6) is 0 Å². The van der Waals surface area contributed by atoms with Crippen molar-refractivity contribution in [3.05, 3.63) is 0 Å². The molecule has 0 aromatic rings. The van der Waals surface area contributed by atoms with Crippen LogP contribution in [0.4, 0.5) is 0 Å². The molecule has 0 aromatic heterocycles. The Hall–Kier alpha value is -0.860. The molecule has 8 heteroatoms. The van der Waals surface area contributed by atoms with Gasteiger partial charge in [-0.2, -0.15) is 0 Å². The quantitative estimate of drug-likeness (QED) is 0.491. The van der Waals surface area contributed by atoms with Gasteiger partial charge in [-0.3, -0.25) is 9.89 Å². The molecule has 1 saturated heterocycles. The van der Waals surface area contributed by atoms with E-state index in [9.17, 15) is 8.42 Å². The zero-order valence-electron chi connectivity index (χ0n) is 16.1. The van der Waals surface area contributed by atoms with Crippen LogP contribution in [0.15, 0.2) is 4.99 Å². The topological polar surface area (TPSA) is 77.0 Å². The summed E-state index contributed by atoms with van der Waals surface area (Å²) in [5.74, 6) is 0.871. The molecule has 142 valence electrons. The summed E-state index contributed by atoms with van der Waals surface area (Å²) in [6.45, 7) is 15.4. The Balaban J connectivity index is 2.76. The molecule has 24 heavy (non-hydrogen) atoms. The summed E-state index contributed by atoms with van der Waals surface area (Å²) in [5.41, 5.74) is -0.605. The maximum absolute atomic E-state index is 11.5. The number of guanidine groups is 1. The number of nitrogens with one attached hydrogen (secondary N) is 2. The van der Waals surface area contributed by atoms with E-state index in [1.807, 2.05) is 20.8 Å². The minimum Gasteiger partial charge on any atom is -0.357 e. The van der Waals surface area contributed by atoms with Gasteiger partial charge in [0.25, 0.3) is 0 Å². The minimum atomic E-state index is -3.25. The first-order chi connectivity index (χ1) is 11.1. The summed E-state index contributed by atoms with van der Waals surface area (Å²) < 4.78 is 25.6. The third-order valence-corrected chi connectivity index (χ3v) is 5.14. The maximum atomic E-state index is 11.5. The number of likely N-dealkylation sites (tertiary alicyclic amines) is 1. The van der Waals surface area contributed by atoms with Crippen molar-refractivity contribution in [3.8, 4) is 0 Å². The molecule has 1 unspecified atom stereocenters. The lowest BCUT2D eigenvalue weighted by molar-refractivity contribution is 0.223. The number of hydrogen-bond acceptors (Lipinski definition) is 4. The van der Waals surface area contributed by atoms with Gasteiger partial charge in [0.2, 0.25) is 10.0 Å². The Kier molecular flexibility index (Phi) is 7.95. The number of nitrogens with zero attached hydrogens (tertiary/aromatic N) is 3. The summed E-state index contributed by atoms with van der Waals surface area (Å²) in [5, 5.41) is 3.34. The minimum absolute atomic E-state index is 0.398. The van der Waals surface area contributed by atoms with E-state index < -0.39 is 15.6 Å². The van der Waals surface area contributed by atoms with Crippen molar-refractivity contribution < 1.29 is 8.42 Å². The summed E-state index contributed by atoms with van der Waals surface area (Å²) in [7, 11) is -3.25. The van der Waals surface area contributed by atoms with Crippen molar-refractivity contribution in [3.63, 3.8) is 0 Å². The van der Waals surface area contributed by atoms with Crippen molar-refractivity contribution in [2.24, 2.45) is 4.99 Å². The van der Waals surface area contributed by atoms with Crippen molar-refractivity contribution >= 4 is 16.0 Å². The molecule has 0 aliphatic carbocycles. The van der Waals surface area contributed by atoms with E-state index in [1.165, 1.54) is 6.26 Å². The Bertz CT molecular complexity index is 515. The molecule has 0 amide bonds. The Morgan fingerprint density at radius 2 is 1.92 bits per heavy atom. The van der Waals surface area contributed by atoms with Gasteiger partial charge in [-0.1, -0.05) is 13.8 Å². The number of aliphatic imine (C=N–C) groups is 1. The average Bonchev–Trinajstić information content (AvgIpc) is 2.92. The van der Waals surface area contributed by atoms with Crippen LogP contribution in [-0.4, -0.2) is 81.3 Å². The van der Waals surface area contributed by atoms with Crippen LogP contribution in [0, 0.1) is 0 Å². The summed E-state index contributed by atoms with van der Waals surface area (Å²) >= 11 is 0. The van der Waals surface area contributed by atoms with E-state index in [4.69, 9.17) is 0 Å². The lowest BCUT2D eigenvalue weighted by Gasteiger charge is -2.28. The van der Waals surface area contributed by atoms with Gasteiger partial charge >= 0.3 is 0 Å². The van der Waals surface area contributed by atoms with Gasteiger partial charge in [0.1, 0.15) is 0 Å². The van der Waals surface area contributed by atoms with Crippen LogP contribution in [0.2, 0.25) is 0 Å². The largest absolute Gasteiger partial charge is 0.357 e. The Morgan fingerprint density at radius 3 is 2.42 bits per heavy atom. The predicted octanol–water partition coefficient (Wildman–Crippen LogP) is 0.696. The van der Waals surface area contributed by atoms with Crippen LogP contribution in [-0.2, 0) is 10.0 Å². The molecule has 0 aromatic carbocycles. The van der Waals surface area contributed by atoms with Gasteiger partial charge in [0, 0.05) is 31.2 Å². The fourth-order valence-corrected chi connectivity index (χ4v) is 4.27. The van der Waals surface area contributed by atoms with Crippen molar-refractivity contribution in [1.29, 1.82) is 0 Å². The molecule has 2 N–H and O–H groups in total. The van der Waals surface area contributed by atoms with Gasteiger partial charge in [0.15, 0.2) is 5.96 Å². The molecule has 0 saturated carbocycles. The van der Waals surface area contributed by atoms with Crippen LogP contribution >= 0.6 is 0 Å². The Morgan fingerprint density at radius 1 is 1.29 bits per heavy atom. The second-order valence-electron chi connectivity index (χ2n) is 7.04. The molecule has 1 atom stereocenters. The highest BCUT2D eigenvalue weighted by molar-refractivity contribution is 7.88. The van der Waals surface area contributed by atoms with Crippen LogP contribution < -0.4 is 10.0 Å². The molecular weight excluding hydrogens is 326 g/mol. The SMILES string of the molecule is CCNC(=NCC(C)(C)NS(C)(=O)=O)N1CCC(N(CC)CC)C1. The van der Waals surface area contributed by atoms with Gasteiger partial charge in [-0.25, -0.2) is 13.1 Å². The maximum Gasteiger partial charge on any atom is 0.209 e. The predicted molar refractivity (Wildman–Crippen MR) is 101 cm³/mol. The average molecular weight is 362 g/mol. The zero-order chi connectivity index (χ0) is 18.4. The highest BCUT2D eigenvalue weighted by Crippen LogP contribution is 2.16. The van der Waals surface area contributed by atoms with E-state index in [0.717, 1.165) is 45.1 Å². The number of hydrogen-bond donors (Lipinski definition) is 2. The van der Waals surface area contributed by atoms with Crippen LogP contribution in [0.1, 0.15) is 41.0 Å². The molecular formula is C16H35N5O2S. The third-order valence-electron chi connectivity index (χ3n) is 4.21. The second-order valence-corrected chi connectivity index (χ2v) is 8.79.